The summed E-state index contributed by atoms with van der Waals surface area (Å²) in [5.74, 6) is 0.477. The molecule has 1 unspecified atom stereocenters. The van der Waals surface area contributed by atoms with Gasteiger partial charge in [0.15, 0.2) is 0 Å². The summed E-state index contributed by atoms with van der Waals surface area (Å²) < 4.78 is 5.09. The molecule has 15 heavy (non-hydrogen) atoms. The monoisotopic (exact) mass is 199 g/mol. The number of nitriles is 1. The highest BCUT2D eigenvalue weighted by molar-refractivity contribution is 5.35. The van der Waals surface area contributed by atoms with Crippen molar-refractivity contribution in [2.24, 2.45) is 0 Å². The van der Waals surface area contributed by atoms with Crippen LogP contribution < -0.4 is 0 Å². The van der Waals surface area contributed by atoms with E-state index >= 15 is 0 Å². The summed E-state index contributed by atoms with van der Waals surface area (Å²) in [5.41, 5.74) is 1.18. The lowest BCUT2D eigenvalue weighted by atomic mass is 10.1. The number of furan rings is 1. The Morgan fingerprint density at radius 3 is 2.80 bits per heavy atom. The van der Waals surface area contributed by atoms with Crippen molar-refractivity contribution in [2.75, 3.05) is 0 Å². The van der Waals surface area contributed by atoms with Crippen molar-refractivity contribution in [3.05, 3.63) is 59.5 Å². The second-order valence-corrected chi connectivity index (χ2v) is 3.16. The van der Waals surface area contributed by atoms with Crippen LogP contribution in [0.15, 0.2) is 47.1 Å². The molecule has 0 aliphatic heterocycles. The molecule has 1 atom stereocenters. The fourth-order valence-electron chi connectivity index (χ4n) is 1.39. The maximum Gasteiger partial charge on any atom is 0.137 e. The van der Waals surface area contributed by atoms with E-state index < -0.39 is 6.10 Å². The van der Waals surface area contributed by atoms with Crippen molar-refractivity contribution >= 4 is 0 Å². The van der Waals surface area contributed by atoms with Crippen LogP contribution in [0.4, 0.5) is 0 Å². The van der Waals surface area contributed by atoms with E-state index in [9.17, 15) is 5.11 Å². The summed E-state index contributed by atoms with van der Waals surface area (Å²) in [6.45, 7) is 0. The number of aliphatic hydroxyl groups is 1. The van der Waals surface area contributed by atoms with Gasteiger partial charge in [-0.1, -0.05) is 12.1 Å². The summed E-state index contributed by atoms with van der Waals surface area (Å²) in [4.78, 5) is 0. The zero-order valence-electron chi connectivity index (χ0n) is 7.92. The van der Waals surface area contributed by atoms with Crippen LogP contribution in [-0.4, -0.2) is 5.11 Å². The number of hydrogen-bond acceptors (Lipinski definition) is 3. The third kappa shape index (κ3) is 1.90. The van der Waals surface area contributed by atoms with Crippen LogP contribution in [0.1, 0.15) is 23.0 Å². The summed E-state index contributed by atoms with van der Waals surface area (Å²) in [7, 11) is 0. The maximum atomic E-state index is 9.90. The summed E-state index contributed by atoms with van der Waals surface area (Å²) in [5, 5.41) is 18.6. The van der Waals surface area contributed by atoms with Gasteiger partial charge < -0.3 is 9.52 Å². The summed E-state index contributed by atoms with van der Waals surface area (Å²) in [6, 6.07) is 12.3. The Labute approximate surface area is 87.2 Å². The van der Waals surface area contributed by atoms with Gasteiger partial charge in [-0.05, 0) is 29.8 Å². The lowest BCUT2D eigenvalue weighted by Gasteiger charge is -2.07. The fraction of sp³-hybridized carbons (Fsp3) is 0.0833. The molecule has 1 N–H and O–H groups in total. The van der Waals surface area contributed by atoms with Crippen molar-refractivity contribution in [1.82, 2.24) is 0 Å². The van der Waals surface area contributed by atoms with Crippen molar-refractivity contribution in [3.63, 3.8) is 0 Å². The Bertz CT molecular complexity index is 483. The summed E-state index contributed by atoms with van der Waals surface area (Å²) in [6.07, 6.45) is 0.695. The third-order valence-corrected chi connectivity index (χ3v) is 2.14. The third-order valence-electron chi connectivity index (χ3n) is 2.14. The molecule has 2 rings (SSSR count). The number of hydrogen-bond donors (Lipinski definition) is 1. The van der Waals surface area contributed by atoms with Crippen LogP contribution >= 0.6 is 0 Å². The topological polar surface area (TPSA) is 57.2 Å². The molecular weight excluding hydrogens is 190 g/mol. The highest BCUT2D eigenvalue weighted by Crippen LogP contribution is 2.22. The van der Waals surface area contributed by atoms with Gasteiger partial charge in [0.25, 0.3) is 0 Å². The van der Waals surface area contributed by atoms with E-state index in [0.717, 1.165) is 0 Å². The maximum absolute atomic E-state index is 9.90. The van der Waals surface area contributed by atoms with Crippen molar-refractivity contribution in [1.29, 1.82) is 5.26 Å². The van der Waals surface area contributed by atoms with Gasteiger partial charge in [-0.3, -0.25) is 0 Å². The average molecular weight is 199 g/mol. The predicted molar refractivity (Wildman–Crippen MR) is 53.9 cm³/mol. The second kappa shape index (κ2) is 3.99. The van der Waals surface area contributed by atoms with E-state index in [1.807, 2.05) is 6.07 Å². The first kappa shape index (κ1) is 9.50. The smallest absolute Gasteiger partial charge is 0.137 e. The minimum atomic E-state index is -0.812. The molecular formula is C12H9NO2. The normalized spacial score (nSPS) is 12.0. The van der Waals surface area contributed by atoms with E-state index in [-0.39, 0.29) is 0 Å². The van der Waals surface area contributed by atoms with Crippen molar-refractivity contribution in [3.8, 4) is 6.07 Å². The molecule has 0 radical (unpaired) electrons. The number of rotatable bonds is 2. The van der Waals surface area contributed by atoms with Crippen molar-refractivity contribution in [2.45, 2.75) is 6.10 Å². The van der Waals surface area contributed by atoms with E-state index in [1.54, 1.807) is 36.4 Å². The van der Waals surface area contributed by atoms with E-state index in [0.29, 0.717) is 16.9 Å². The van der Waals surface area contributed by atoms with Gasteiger partial charge in [-0.2, -0.15) is 5.26 Å². The molecule has 0 fully saturated rings. The zero-order valence-corrected chi connectivity index (χ0v) is 7.92. The standard InChI is InChI=1S/C12H9NO2/c13-8-9-3-1-4-10(7-9)12(14)11-5-2-6-15-11/h1-7,12,14H. The van der Waals surface area contributed by atoms with E-state index in [2.05, 4.69) is 0 Å². The highest BCUT2D eigenvalue weighted by Gasteiger charge is 2.12. The van der Waals surface area contributed by atoms with Gasteiger partial charge in [0.05, 0.1) is 17.9 Å². The Morgan fingerprint density at radius 2 is 2.13 bits per heavy atom. The van der Waals surface area contributed by atoms with Gasteiger partial charge >= 0.3 is 0 Å². The molecule has 1 heterocycles. The first-order valence-corrected chi connectivity index (χ1v) is 4.53. The van der Waals surface area contributed by atoms with Crippen LogP contribution in [0.25, 0.3) is 0 Å². The van der Waals surface area contributed by atoms with Crippen LogP contribution in [0.3, 0.4) is 0 Å². The molecule has 0 amide bonds. The van der Waals surface area contributed by atoms with Crippen LogP contribution in [0.5, 0.6) is 0 Å². The minimum absolute atomic E-state index is 0.477. The van der Waals surface area contributed by atoms with Crippen LogP contribution in [0.2, 0.25) is 0 Å². The molecule has 3 heteroatoms. The molecule has 0 spiro atoms. The number of nitrogens with zero attached hydrogens (tertiary/aromatic N) is 1. The van der Waals surface area contributed by atoms with Crippen LogP contribution in [-0.2, 0) is 0 Å². The van der Waals surface area contributed by atoms with Gasteiger partial charge in [-0.25, -0.2) is 0 Å². The van der Waals surface area contributed by atoms with Gasteiger partial charge in [0.2, 0.25) is 0 Å². The van der Waals surface area contributed by atoms with Crippen molar-refractivity contribution < 1.29 is 9.52 Å². The Hall–Kier alpha value is -2.05. The molecule has 0 saturated heterocycles. The van der Waals surface area contributed by atoms with Gasteiger partial charge in [0.1, 0.15) is 11.9 Å². The average Bonchev–Trinajstić information content (AvgIpc) is 2.81. The SMILES string of the molecule is N#Cc1cccc(C(O)c2ccco2)c1. The zero-order chi connectivity index (χ0) is 10.7. The first-order valence-electron chi connectivity index (χ1n) is 4.53. The lowest BCUT2D eigenvalue weighted by molar-refractivity contribution is 0.189. The van der Waals surface area contributed by atoms with Gasteiger partial charge in [0, 0.05) is 0 Å². The Kier molecular flexibility index (Phi) is 2.53. The molecule has 0 aliphatic carbocycles. The molecule has 1 aromatic heterocycles. The summed E-state index contributed by atoms with van der Waals surface area (Å²) >= 11 is 0. The quantitative estimate of drug-likeness (QED) is 0.806. The second-order valence-electron chi connectivity index (χ2n) is 3.16. The highest BCUT2D eigenvalue weighted by atomic mass is 16.4. The number of benzene rings is 1. The van der Waals surface area contributed by atoms with E-state index in [4.69, 9.17) is 9.68 Å². The van der Waals surface area contributed by atoms with Crippen LogP contribution in [0, 0.1) is 11.3 Å². The Morgan fingerprint density at radius 1 is 1.27 bits per heavy atom. The molecule has 0 aliphatic rings. The Balaban J connectivity index is 2.34. The van der Waals surface area contributed by atoms with Gasteiger partial charge in [-0.15, -0.1) is 0 Å². The van der Waals surface area contributed by atoms with E-state index in [1.165, 1.54) is 6.26 Å². The lowest BCUT2D eigenvalue weighted by Crippen LogP contribution is -1.97. The fourth-order valence-corrected chi connectivity index (χ4v) is 1.39. The molecule has 3 nitrogen and oxygen atoms in total. The molecule has 2 aromatic rings. The molecule has 0 bridgehead atoms. The molecule has 74 valence electrons. The first-order chi connectivity index (χ1) is 7.31. The molecule has 0 saturated carbocycles. The largest absolute Gasteiger partial charge is 0.466 e. The molecule has 1 aromatic carbocycles. The minimum Gasteiger partial charge on any atom is -0.466 e. The number of aliphatic hydroxyl groups excluding tert-OH is 1. The predicted octanol–water partition coefficient (Wildman–Crippen LogP) is 2.23.